The molecular weight excluding hydrogens is 366 g/mol. The van der Waals surface area contributed by atoms with Gasteiger partial charge in [0.2, 0.25) is 0 Å². The van der Waals surface area contributed by atoms with E-state index in [4.69, 9.17) is 17.3 Å². The van der Waals surface area contributed by atoms with Gasteiger partial charge in [-0.05, 0) is 41.0 Å². The van der Waals surface area contributed by atoms with E-state index in [1.165, 1.54) is 0 Å². The summed E-state index contributed by atoms with van der Waals surface area (Å²) < 4.78 is 0. The first-order valence-corrected chi connectivity index (χ1v) is 9.16. The summed E-state index contributed by atoms with van der Waals surface area (Å²) in [6, 6.07) is 29.6. The fourth-order valence-electron chi connectivity index (χ4n) is 3.18. The lowest BCUT2D eigenvalue weighted by Gasteiger charge is -2.12. The molecule has 0 aliphatic heterocycles. The quantitative estimate of drug-likeness (QED) is 0.460. The first-order valence-electron chi connectivity index (χ1n) is 8.78. The van der Waals surface area contributed by atoms with Gasteiger partial charge < -0.3 is 5.73 Å². The third-order valence-electron chi connectivity index (χ3n) is 4.58. The Kier molecular flexibility index (Phi) is 4.80. The molecule has 0 fully saturated rings. The van der Waals surface area contributed by atoms with E-state index in [1.807, 2.05) is 84.9 Å². The van der Waals surface area contributed by atoms with Crippen LogP contribution in [0.1, 0.15) is 5.56 Å². The normalized spacial score (nSPS) is 10.4. The van der Waals surface area contributed by atoms with Crippen molar-refractivity contribution in [2.24, 2.45) is 0 Å². The number of halogens is 1. The van der Waals surface area contributed by atoms with E-state index in [-0.39, 0.29) is 5.82 Å². The van der Waals surface area contributed by atoms with Crippen molar-refractivity contribution in [2.45, 2.75) is 0 Å². The fraction of sp³-hybridized carbons (Fsp3) is 0. The van der Waals surface area contributed by atoms with Crippen LogP contribution in [0.15, 0.2) is 84.9 Å². The number of hydrogen-bond acceptors (Lipinski definition) is 3. The Bertz CT molecular complexity index is 1180. The van der Waals surface area contributed by atoms with Crippen molar-refractivity contribution in [3.63, 3.8) is 0 Å². The van der Waals surface area contributed by atoms with E-state index in [0.717, 1.165) is 33.5 Å². The van der Waals surface area contributed by atoms with Crippen LogP contribution in [0.3, 0.4) is 0 Å². The summed E-state index contributed by atoms with van der Waals surface area (Å²) in [7, 11) is 0. The summed E-state index contributed by atoms with van der Waals surface area (Å²) in [5.74, 6) is 0.232. The van der Waals surface area contributed by atoms with E-state index in [2.05, 4.69) is 11.1 Å². The van der Waals surface area contributed by atoms with Crippen molar-refractivity contribution >= 4 is 17.4 Å². The van der Waals surface area contributed by atoms with E-state index in [9.17, 15) is 5.26 Å². The molecule has 0 saturated heterocycles. The predicted octanol–water partition coefficient (Wildman–Crippen LogP) is 6.19. The summed E-state index contributed by atoms with van der Waals surface area (Å²) >= 11 is 6.00. The molecule has 0 spiro atoms. The molecule has 1 heterocycles. The lowest BCUT2D eigenvalue weighted by molar-refractivity contribution is 1.31. The summed E-state index contributed by atoms with van der Waals surface area (Å²) in [5, 5.41) is 10.3. The van der Waals surface area contributed by atoms with Gasteiger partial charge in [-0.2, -0.15) is 5.26 Å². The number of rotatable bonds is 3. The zero-order valence-electron chi connectivity index (χ0n) is 14.9. The Morgan fingerprint density at radius 3 is 2.14 bits per heavy atom. The SMILES string of the molecule is N#Cc1c(-c2cccc(-c3ccc(Cl)cc3)c2)cc(-c2ccccc2)nc1N. The molecule has 0 bridgehead atoms. The molecule has 4 rings (SSSR count). The van der Waals surface area contributed by atoms with Crippen molar-refractivity contribution in [3.8, 4) is 39.6 Å². The molecule has 0 unspecified atom stereocenters. The smallest absolute Gasteiger partial charge is 0.142 e. The number of pyridine rings is 1. The van der Waals surface area contributed by atoms with Crippen LogP contribution in [0, 0.1) is 11.3 Å². The number of nitriles is 1. The Morgan fingerprint density at radius 2 is 1.43 bits per heavy atom. The highest BCUT2D eigenvalue weighted by atomic mass is 35.5. The van der Waals surface area contributed by atoms with E-state index < -0.39 is 0 Å². The van der Waals surface area contributed by atoms with Gasteiger partial charge in [-0.1, -0.05) is 72.3 Å². The third kappa shape index (κ3) is 3.46. The Balaban J connectivity index is 1.87. The van der Waals surface area contributed by atoms with Crippen LogP contribution < -0.4 is 5.73 Å². The van der Waals surface area contributed by atoms with Gasteiger partial charge in [0.15, 0.2) is 0 Å². The maximum absolute atomic E-state index is 9.65. The summed E-state index contributed by atoms with van der Waals surface area (Å²) in [5.41, 5.74) is 12.0. The van der Waals surface area contributed by atoms with Crippen LogP contribution in [0.2, 0.25) is 5.02 Å². The molecule has 4 heteroatoms. The Labute approximate surface area is 168 Å². The van der Waals surface area contributed by atoms with Crippen molar-refractivity contribution in [1.29, 1.82) is 5.26 Å². The predicted molar refractivity (Wildman–Crippen MR) is 115 cm³/mol. The van der Waals surface area contributed by atoms with Crippen molar-refractivity contribution in [1.82, 2.24) is 4.98 Å². The summed E-state index contributed by atoms with van der Waals surface area (Å²) in [4.78, 5) is 4.43. The highest BCUT2D eigenvalue weighted by Crippen LogP contribution is 2.33. The molecule has 0 amide bonds. The second kappa shape index (κ2) is 7.56. The topological polar surface area (TPSA) is 62.7 Å². The van der Waals surface area contributed by atoms with Crippen LogP contribution in [0.4, 0.5) is 5.82 Å². The number of anilines is 1. The Morgan fingerprint density at radius 1 is 0.750 bits per heavy atom. The van der Waals surface area contributed by atoms with Crippen molar-refractivity contribution in [3.05, 3.63) is 95.5 Å². The van der Waals surface area contributed by atoms with Crippen LogP contribution in [-0.4, -0.2) is 4.98 Å². The van der Waals surface area contributed by atoms with Crippen molar-refractivity contribution < 1.29 is 0 Å². The first kappa shape index (κ1) is 17.8. The number of nitrogens with two attached hydrogens (primary N) is 1. The van der Waals surface area contributed by atoms with Gasteiger partial charge in [-0.25, -0.2) is 4.98 Å². The molecule has 1 aromatic heterocycles. The molecule has 4 aromatic rings. The number of aromatic nitrogens is 1. The Hall–Kier alpha value is -3.61. The fourth-order valence-corrected chi connectivity index (χ4v) is 3.30. The third-order valence-corrected chi connectivity index (χ3v) is 4.83. The number of nitrogens with zero attached hydrogens (tertiary/aromatic N) is 2. The zero-order valence-corrected chi connectivity index (χ0v) is 15.7. The maximum Gasteiger partial charge on any atom is 0.142 e. The average molecular weight is 382 g/mol. The maximum atomic E-state index is 9.65. The molecule has 134 valence electrons. The van der Waals surface area contributed by atoms with Crippen molar-refractivity contribution in [2.75, 3.05) is 5.73 Å². The summed E-state index contributed by atoms with van der Waals surface area (Å²) in [6.45, 7) is 0. The molecule has 28 heavy (non-hydrogen) atoms. The monoisotopic (exact) mass is 381 g/mol. The number of benzene rings is 3. The first-order chi connectivity index (χ1) is 13.7. The minimum absolute atomic E-state index is 0.232. The molecule has 0 radical (unpaired) electrons. The van der Waals surface area contributed by atoms with Gasteiger partial charge in [0, 0.05) is 16.1 Å². The van der Waals surface area contributed by atoms with Crippen LogP contribution in [0.25, 0.3) is 33.5 Å². The standard InChI is InChI=1S/C24H16ClN3/c25-20-11-9-16(10-12-20)18-7-4-8-19(13-18)21-14-23(17-5-2-1-3-6-17)28-24(27)22(21)15-26/h1-14H,(H2,27,28). The van der Waals surface area contributed by atoms with Crippen LogP contribution >= 0.6 is 11.6 Å². The van der Waals surface area contributed by atoms with Gasteiger partial charge in [0.1, 0.15) is 17.5 Å². The summed E-state index contributed by atoms with van der Waals surface area (Å²) in [6.07, 6.45) is 0. The molecule has 0 saturated carbocycles. The average Bonchev–Trinajstić information content (AvgIpc) is 2.74. The van der Waals surface area contributed by atoms with Gasteiger partial charge in [0.25, 0.3) is 0 Å². The zero-order chi connectivity index (χ0) is 19.5. The molecule has 2 N–H and O–H groups in total. The van der Waals surface area contributed by atoms with Crippen LogP contribution in [-0.2, 0) is 0 Å². The number of nitrogen functional groups attached to an aromatic ring is 1. The second-order valence-electron chi connectivity index (χ2n) is 6.38. The van der Waals surface area contributed by atoms with Crippen LogP contribution in [0.5, 0.6) is 0 Å². The van der Waals surface area contributed by atoms with E-state index >= 15 is 0 Å². The highest BCUT2D eigenvalue weighted by molar-refractivity contribution is 6.30. The number of hydrogen-bond donors (Lipinski definition) is 1. The largest absolute Gasteiger partial charge is 0.383 e. The van der Waals surface area contributed by atoms with Gasteiger partial charge in [0.05, 0.1) is 5.69 Å². The minimum atomic E-state index is 0.232. The molecule has 3 aromatic carbocycles. The van der Waals surface area contributed by atoms with E-state index in [0.29, 0.717) is 10.6 Å². The molecule has 3 nitrogen and oxygen atoms in total. The van der Waals surface area contributed by atoms with E-state index in [1.54, 1.807) is 0 Å². The molecular formula is C24H16ClN3. The highest BCUT2D eigenvalue weighted by Gasteiger charge is 2.14. The van der Waals surface area contributed by atoms with Gasteiger partial charge in [-0.3, -0.25) is 0 Å². The molecule has 0 aliphatic rings. The van der Waals surface area contributed by atoms with Gasteiger partial charge >= 0.3 is 0 Å². The lowest BCUT2D eigenvalue weighted by atomic mass is 9.95. The van der Waals surface area contributed by atoms with Gasteiger partial charge in [-0.15, -0.1) is 0 Å². The second-order valence-corrected chi connectivity index (χ2v) is 6.82. The molecule has 0 aliphatic carbocycles. The lowest BCUT2D eigenvalue weighted by Crippen LogP contribution is -1.99. The molecule has 0 atom stereocenters. The minimum Gasteiger partial charge on any atom is -0.383 e.